The number of fused-ring (bicyclic) bond motifs is 1. The number of carbonyl (C=O) groups excluding carboxylic acids is 1. The molecule has 2 heterocycles. The third-order valence-corrected chi connectivity index (χ3v) is 5.02. The molecule has 0 saturated carbocycles. The van der Waals surface area contributed by atoms with Crippen molar-refractivity contribution in [3.8, 4) is 0 Å². The monoisotopic (exact) mass is 342 g/mol. The first kappa shape index (κ1) is 16.8. The van der Waals surface area contributed by atoms with Crippen molar-refractivity contribution < 1.29 is 27.9 Å². The fraction of sp³-hybridized carbons (Fsp3) is 0.500. The van der Waals surface area contributed by atoms with Gasteiger partial charge in [-0.25, -0.2) is 13.2 Å². The summed E-state index contributed by atoms with van der Waals surface area (Å²) in [7, 11) is 1.81. The molecule has 1 aromatic carbocycles. The maximum absolute atomic E-state index is 13.7. The van der Waals surface area contributed by atoms with E-state index in [1.807, 2.05) is 11.9 Å². The molecule has 8 heteroatoms. The van der Waals surface area contributed by atoms with Crippen LogP contribution in [-0.4, -0.2) is 60.0 Å². The van der Waals surface area contributed by atoms with Gasteiger partial charge in [-0.05, 0) is 19.2 Å². The molecule has 0 radical (unpaired) electrons. The van der Waals surface area contributed by atoms with Gasteiger partial charge in [0.15, 0.2) is 11.6 Å². The summed E-state index contributed by atoms with van der Waals surface area (Å²) in [6.45, 7) is 1.07. The number of carboxylic acid groups (broad SMARTS) is 1. The molecule has 0 aliphatic carbocycles. The lowest BCUT2D eigenvalue weighted by molar-refractivity contribution is -0.149. The smallest absolute Gasteiger partial charge is 0.313 e. The number of carbonyl (C=O) groups is 2. The zero-order chi connectivity index (χ0) is 17.6. The highest BCUT2D eigenvalue weighted by Crippen LogP contribution is 2.42. The zero-order valence-corrected chi connectivity index (χ0v) is 13.1. The Morgan fingerprint density at radius 1 is 1.21 bits per heavy atom. The van der Waals surface area contributed by atoms with Crippen molar-refractivity contribution in [2.75, 3.05) is 33.2 Å². The van der Waals surface area contributed by atoms with Crippen LogP contribution < -0.4 is 0 Å². The van der Waals surface area contributed by atoms with Gasteiger partial charge in [0.1, 0.15) is 11.2 Å². The molecule has 24 heavy (non-hydrogen) atoms. The number of nitrogens with zero attached hydrogens (tertiary/aromatic N) is 2. The zero-order valence-electron chi connectivity index (χ0n) is 13.1. The molecule has 0 spiro atoms. The third kappa shape index (κ3) is 2.54. The van der Waals surface area contributed by atoms with Crippen LogP contribution in [0.3, 0.4) is 0 Å². The molecule has 1 amide bonds. The van der Waals surface area contributed by atoms with Crippen molar-refractivity contribution in [1.82, 2.24) is 9.80 Å². The van der Waals surface area contributed by atoms with Gasteiger partial charge in [0.25, 0.3) is 0 Å². The Balaban J connectivity index is 1.79. The number of rotatable bonds is 3. The van der Waals surface area contributed by atoms with Gasteiger partial charge in [-0.1, -0.05) is 0 Å². The van der Waals surface area contributed by atoms with Crippen molar-refractivity contribution >= 4 is 11.9 Å². The summed E-state index contributed by atoms with van der Waals surface area (Å²) in [6, 6.07) is 1.43. The number of hydrogen-bond acceptors (Lipinski definition) is 3. The molecule has 0 unspecified atom stereocenters. The Hall–Kier alpha value is -2.09. The average molecular weight is 342 g/mol. The predicted octanol–water partition coefficient (Wildman–Crippen LogP) is 1.12. The molecule has 1 N–H and O–H groups in total. The van der Waals surface area contributed by atoms with E-state index in [0.717, 1.165) is 6.07 Å². The van der Waals surface area contributed by atoms with Crippen LogP contribution in [-0.2, 0) is 16.0 Å². The van der Waals surface area contributed by atoms with Crippen LogP contribution in [0, 0.1) is 28.8 Å². The second kappa shape index (κ2) is 5.77. The summed E-state index contributed by atoms with van der Waals surface area (Å²) in [5.74, 6) is -5.40. The SMILES string of the molecule is CN1C[C@H]2CN(C(=O)Cc3c(F)ccc(F)c3F)C[C@@]2(C(=O)O)C1. The van der Waals surface area contributed by atoms with Gasteiger partial charge in [-0.3, -0.25) is 9.59 Å². The van der Waals surface area contributed by atoms with Crippen molar-refractivity contribution in [2.24, 2.45) is 11.3 Å². The van der Waals surface area contributed by atoms with E-state index in [1.54, 1.807) is 0 Å². The molecule has 2 aliphatic rings. The molecular weight excluding hydrogens is 325 g/mol. The third-order valence-electron chi connectivity index (χ3n) is 5.02. The summed E-state index contributed by atoms with van der Waals surface area (Å²) in [5, 5.41) is 9.57. The van der Waals surface area contributed by atoms with Crippen LogP contribution >= 0.6 is 0 Å². The van der Waals surface area contributed by atoms with Crippen LogP contribution in [0.25, 0.3) is 0 Å². The minimum atomic E-state index is -1.38. The van der Waals surface area contributed by atoms with Crippen LogP contribution in [0.15, 0.2) is 12.1 Å². The molecular formula is C16H17F3N2O3. The van der Waals surface area contributed by atoms with Gasteiger partial charge in [-0.15, -0.1) is 0 Å². The second-order valence-corrected chi connectivity index (χ2v) is 6.63. The largest absolute Gasteiger partial charge is 0.481 e. The van der Waals surface area contributed by atoms with Crippen molar-refractivity contribution in [2.45, 2.75) is 6.42 Å². The van der Waals surface area contributed by atoms with E-state index < -0.39 is 46.7 Å². The van der Waals surface area contributed by atoms with Gasteiger partial charge in [0, 0.05) is 37.7 Å². The van der Waals surface area contributed by atoms with E-state index in [0.29, 0.717) is 19.2 Å². The Morgan fingerprint density at radius 2 is 1.88 bits per heavy atom. The number of benzene rings is 1. The van der Waals surface area contributed by atoms with Gasteiger partial charge in [-0.2, -0.15) is 0 Å². The number of halogens is 3. The second-order valence-electron chi connectivity index (χ2n) is 6.63. The molecule has 2 aliphatic heterocycles. The first-order valence-electron chi connectivity index (χ1n) is 7.56. The van der Waals surface area contributed by atoms with Crippen LogP contribution in [0.2, 0.25) is 0 Å². The van der Waals surface area contributed by atoms with Crippen molar-refractivity contribution in [3.05, 3.63) is 35.1 Å². The van der Waals surface area contributed by atoms with E-state index in [9.17, 15) is 27.9 Å². The fourth-order valence-electron chi connectivity index (χ4n) is 3.80. The minimum Gasteiger partial charge on any atom is -0.481 e. The Kier molecular flexibility index (Phi) is 4.03. The molecule has 5 nitrogen and oxygen atoms in total. The Bertz CT molecular complexity index is 712. The number of amides is 1. The van der Waals surface area contributed by atoms with Crippen LogP contribution in [0.4, 0.5) is 13.2 Å². The van der Waals surface area contributed by atoms with Crippen molar-refractivity contribution in [1.29, 1.82) is 0 Å². The van der Waals surface area contributed by atoms with Gasteiger partial charge in [0.2, 0.25) is 5.91 Å². The quantitative estimate of drug-likeness (QED) is 0.837. The van der Waals surface area contributed by atoms with Gasteiger partial charge >= 0.3 is 5.97 Å². The van der Waals surface area contributed by atoms with E-state index in [2.05, 4.69) is 0 Å². The van der Waals surface area contributed by atoms with Crippen LogP contribution in [0.1, 0.15) is 5.56 Å². The number of hydrogen-bond donors (Lipinski definition) is 1. The number of aliphatic carboxylic acids is 1. The Morgan fingerprint density at radius 3 is 2.50 bits per heavy atom. The molecule has 2 saturated heterocycles. The summed E-state index contributed by atoms with van der Waals surface area (Å²) < 4.78 is 40.6. The van der Waals surface area contributed by atoms with E-state index >= 15 is 0 Å². The normalized spacial score (nSPS) is 26.7. The standard InChI is InChI=1S/C16H17F3N2O3/c1-20-5-9-6-21(8-16(9,7-20)15(23)24)13(22)4-10-11(17)2-3-12(18)14(10)19/h2-3,9H,4-8H2,1H3,(H,23,24)/t9-,16-/m0/s1. The van der Waals surface area contributed by atoms with Gasteiger partial charge < -0.3 is 14.9 Å². The lowest BCUT2D eigenvalue weighted by atomic mass is 9.81. The fourth-order valence-corrected chi connectivity index (χ4v) is 3.80. The highest BCUT2D eigenvalue weighted by molar-refractivity contribution is 5.83. The van der Waals surface area contributed by atoms with E-state index in [4.69, 9.17) is 0 Å². The minimum absolute atomic E-state index is 0.00523. The number of carboxylic acids is 1. The highest BCUT2D eigenvalue weighted by atomic mass is 19.2. The van der Waals surface area contributed by atoms with E-state index in [1.165, 1.54) is 4.90 Å². The summed E-state index contributed by atoms with van der Waals surface area (Å²) in [4.78, 5) is 27.3. The highest BCUT2D eigenvalue weighted by Gasteiger charge is 2.57. The van der Waals surface area contributed by atoms with Crippen LogP contribution in [0.5, 0.6) is 0 Å². The van der Waals surface area contributed by atoms with Gasteiger partial charge in [0.05, 0.1) is 6.42 Å². The maximum atomic E-state index is 13.7. The molecule has 2 fully saturated rings. The summed E-state index contributed by atoms with van der Waals surface area (Å²) >= 11 is 0. The lowest BCUT2D eigenvalue weighted by Gasteiger charge is -2.24. The Labute approximate surface area is 136 Å². The average Bonchev–Trinajstić information content (AvgIpc) is 3.01. The summed E-state index contributed by atoms with van der Waals surface area (Å²) in [6.07, 6.45) is -0.631. The maximum Gasteiger partial charge on any atom is 0.313 e. The van der Waals surface area contributed by atoms with E-state index in [-0.39, 0.29) is 19.0 Å². The molecule has 2 atom stereocenters. The molecule has 130 valence electrons. The first-order chi connectivity index (χ1) is 11.2. The molecule has 1 aromatic rings. The lowest BCUT2D eigenvalue weighted by Crippen LogP contribution is -2.41. The first-order valence-corrected chi connectivity index (χ1v) is 7.56. The number of likely N-dealkylation sites (tertiary alicyclic amines) is 2. The van der Waals surface area contributed by atoms with Crippen molar-refractivity contribution in [3.63, 3.8) is 0 Å². The topological polar surface area (TPSA) is 60.9 Å². The molecule has 0 bridgehead atoms. The molecule has 0 aromatic heterocycles. The predicted molar refractivity (Wildman–Crippen MR) is 77.7 cm³/mol. The molecule has 3 rings (SSSR count). The summed E-state index contributed by atoms with van der Waals surface area (Å²) in [5.41, 5.74) is -1.68.